The van der Waals surface area contributed by atoms with Crippen LogP contribution >= 0.6 is 0 Å². The molecule has 27 heavy (non-hydrogen) atoms. The topological polar surface area (TPSA) is 81.0 Å². The number of likely N-dealkylation sites (N-methyl/N-ethyl adjacent to an activating group) is 1. The fourth-order valence-electron chi connectivity index (χ4n) is 3.35. The Morgan fingerprint density at radius 1 is 1.11 bits per heavy atom. The van der Waals surface area contributed by atoms with E-state index in [1.807, 2.05) is 20.0 Å². The first-order valence-electron chi connectivity index (χ1n) is 9.57. The Kier molecular flexibility index (Phi) is 6.20. The molecule has 0 amide bonds. The Labute approximate surface area is 161 Å². The first-order valence-corrected chi connectivity index (χ1v) is 9.57. The van der Waals surface area contributed by atoms with Gasteiger partial charge in [0.05, 0.1) is 5.69 Å². The van der Waals surface area contributed by atoms with Gasteiger partial charge in [0.1, 0.15) is 17.5 Å². The van der Waals surface area contributed by atoms with E-state index >= 15 is 0 Å². The van der Waals surface area contributed by atoms with Crippen molar-refractivity contribution in [3.8, 4) is 6.07 Å². The molecule has 7 heteroatoms. The summed E-state index contributed by atoms with van der Waals surface area (Å²) in [5.41, 5.74) is 3.54. The van der Waals surface area contributed by atoms with Crippen LogP contribution in [0.25, 0.3) is 0 Å². The van der Waals surface area contributed by atoms with E-state index in [0.717, 1.165) is 61.7 Å². The van der Waals surface area contributed by atoms with E-state index in [9.17, 15) is 5.26 Å². The van der Waals surface area contributed by atoms with E-state index in [2.05, 4.69) is 55.5 Å². The summed E-state index contributed by atoms with van der Waals surface area (Å²) in [6.07, 6.45) is 3.45. The number of pyridine rings is 1. The maximum absolute atomic E-state index is 9.57. The molecule has 1 aliphatic rings. The van der Waals surface area contributed by atoms with Crippen molar-refractivity contribution in [2.75, 3.05) is 43.4 Å². The number of aromatic nitrogens is 3. The molecule has 0 atom stereocenters. The number of nitriles is 1. The second-order valence-corrected chi connectivity index (χ2v) is 6.84. The Morgan fingerprint density at radius 3 is 2.48 bits per heavy atom. The van der Waals surface area contributed by atoms with Gasteiger partial charge in [-0.2, -0.15) is 10.4 Å². The van der Waals surface area contributed by atoms with Crippen LogP contribution in [0.15, 0.2) is 18.3 Å². The first-order chi connectivity index (χ1) is 13.2. The van der Waals surface area contributed by atoms with Gasteiger partial charge in [0, 0.05) is 38.9 Å². The fourth-order valence-corrected chi connectivity index (χ4v) is 3.35. The van der Waals surface area contributed by atoms with Crippen molar-refractivity contribution < 1.29 is 0 Å². The third-order valence-corrected chi connectivity index (χ3v) is 5.05. The molecule has 3 heterocycles. The van der Waals surface area contributed by atoms with Crippen LogP contribution in [0, 0.1) is 11.3 Å². The molecule has 2 aromatic rings. The highest BCUT2D eigenvalue weighted by atomic mass is 15.3. The minimum absolute atomic E-state index is 0.551. The predicted octanol–water partition coefficient (Wildman–Crippen LogP) is 2.23. The average molecular weight is 365 g/mol. The van der Waals surface area contributed by atoms with Gasteiger partial charge in [0.2, 0.25) is 0 Å². The second kappa shape index (κ2) is 8.78. The molecule has 3 rings (SSSR count). The minimum atomic E-state index is 0.551. The van der Waals surface area contributed by atoms with Crippen LogP contribution in [-0.4, -0.2) is 53.3 Å². The van der Waals surface area contributed by atoms with E-state index in [1.54, 1.807) is 0 Å². The number of hydrogen-bond acceptors (Lipinski definition) is 7. The predicted molar refractivity (Wildman–Crippen MR) is 107 cm³/mol. The molecule has 0 aromatic carbocycles. The molecule has 0 aliphatic carbocycles. The van der Waals surface area contributed by atoms with Crippen LogP contribution in [0.3, 0.4) is 0 Å². The van der Waals surface area contributed by atoms with Crippen molar-refractivity contribution in [1.29, 1.82) is 5.26 Å². The van der Waals surface area contributed by atoms with Gasteiger partial charge >= 0.3 is 0 Å². The highest BCUT2D eigenvalue weighted by Crippen LogP contribution is 2.21. The molecule has 0 saturated carbocycles. The van der Waals surface area contributed by atoms with Crippen molar-refractivity contribution in [3.05, 3.63) is 40.7 Å². The third kappa shape index (κ3) is 4.34. The molecule has 0 bridgehead atoms. The van der Waals surface area contributed by atoms with Gasteiger partial charge < -0.3 is 15.1 Å². The SMILES string of the molecule is CCc1nnc(NCc2ccc(N3CCN(C)CC3)nc2)c(C#N)c1CC. The zero-order valence-corrected chi connectivity index (χ0v) is 16.4. The molecular weight excluding hydrogens is 338 g/mol. The van der Waals surface area contributed by atoms with Crippen molar-refractivity contribution in [2.24, 2.45) is 0 Å². The van der Waals surface area contributed by atoms with Gasteiger partial charge in [-0.05, 0) is 37.1 Å². The number of aryl methyl sites for hydroxylation is 1. The molecule has 1 saturated heterocycles. The first kappa shape index (κ1) is 19.1. The van der Waals surface area contributed by atoms with Crippen LogP contribution in [0.4, 0.5) is 11.6 Å². The summed E-state index contributed by atoms with van der Waals surface area (Å²) in [7, 11) is 2.15. The van der Waals surface area contributed by atoms with E-state index in [1.165, 1.54) is 0 Å². The largest absolute Gasteiger partial charge is 0.363 e. The van der Waals surface area contributed by atoms with Crippen molar-refractivity contribution in [1.82, 2.24) is 20.1 Å². The highest BCUT2D eigenvalue weighted by Gasteiger charge is 2.16. The molecule has 0 radical (unpaired) electrons. The number of nitrogens with one attached hydrogen (secondary N) is 1. The number of rotatable bonds is 6. The quantitative estimate of drug-likeness (QED) is 0.841. The number of piperazine rings is 1. The molecule has 1 N–H and O–H groups in total. The van der Waals surface area contributed by atoms with Gasteiger partial charge in [-0.25, -0.2) is 4.98 Å². The average Bonchev–Trinajstić information content (AvgIpc) is 2.72. The summed E-state index contributed by atoms with van der Waals surface area (Å²) < 4.78 is 0. The standard InChI is InChI=1S/C20H27N7/c1-4-16-17(12-21)20(25-24-18(16)5-2)23-14-15-6-7-19(22-13-15)27-10-8-26(3)9-11-27/h6-7,13H,4-5,8-11,14H2,1-3H3,(H,23,25). The lowest BCUT2D eigenvalue weighted by Crippen LogP contribution is -2.44. The molecule has 2 aromatic heterocycles. The lowest BCUT2D eigenvalue weighted by atomic mass is 10.0. The molecule has 1 fully saturated rings. The van der Waals surface area contributed by atoms with E-state index in [4.69, 9.17) is 0 Å². The Bertz CT molecular complexity index is 802. The summed E-state index contributed by atoms with van der Waals surface area (Å²) in [6, 6.07) is 6.43. The summed E-state index contributed by atoms with van der Waals surface area (Å²) in [4.78, 5) is 9.25. The maximum atomic E-state index is 9.57. The van der Waals surface area contributed by atoms with Crippen LogP contribution in [0.2, 0.25) is 0 Å². The fraction of sp³-hybridized carbons (Fsp3) is 0.500. The smallest absolute Gasteiger partial charge is 0.167 e. The third-order valence-electron chi connectivity index (χ3n) is 5.05. The molecule has 142 valence electrons. The van der Waals surface area contributed by atoms with E-state index in [0.29, 0.717) is 17.9 Å². The monoisotopic (exact) mass is 365 g/mol. The number of hydrogen-bond donors (Lipinski definition) is 1. The summed E-state index contributed by atoms with van der Waals surface area (Å²) >= 11 is 0. The van der Waals surface area contributed by atoms with E-state index < -0.39 is 0 Å². The minimum Gasteiger partial charge on any atom is -0.363 e. The number of anilines is 2. The summed E-state index contributed by atoms with van der Waals surface area (Å²) in [5.74, 6) is 1.57. The van der Waals surface area contributed by atoms with Crippen LogP contribution in [0.1, 0.15) is 36.2 Å². The molecule has 0 unspecified atom stereocenters. The molecule has 7 nitrogen and oxygen atoms in total. The van der Waals surface area contributed by atoms with Crippen molar-refractivity contribution >= 4 is 11.6 Å². The van der Waals surface area contributed by atoms with Crippen molar-refractivity contribution in [2.45, 2.75) is 33.2 Å². The Morgan fingerprint density at radius 2 is 1.89 bits per heavy atom. The van der Waals surface area contributed by atoms with Gasteiger partial charge in [0.15, 0.2) is 5.82 Å². The Balaban J connectivity index is 1.68. The zero-order valence-electron chi connectivity index (χ0n) is 16.4. The molecular formula is C20H27N7. The van der Waals surface area contributed by atoms with Crippen LogP contribution in [-0.2, 0) is 19.4 Å². The van der Waals surface area contributed by atoms with E-state index in [-0.39, 0.29) is 0 Å². The highest BCUT2D eigenvalue weighted by molar-refractivity contribution is 5.56. The normalized spacial score (nSPS) is 14.8. The summed E-state index contributed by atoms with van der Waals surface area (Å²) in [6.45, 7) is 8.78. The van der Waals surface area contributed by atoms with Gasteiger partial charge in [-0.1, -0.05) is 19.9 Å². The maximum Gasteiger partial charge on any atom is 0.167 e. The number of nitrogens with zero attached hydrogens (tertiary/aromatic N) is 6. The zero-order chi connectivity index (χ0) is 19.2. The summed E-state index contributed by atoms with van der Waals surface area (Å²) in [5, 5.41) is 21.3. The van der Waals surface area contributed by atoms with Crippen LogP contribution < -0.4 is 10.2 Å². The second-order valence-electron chi connectivity index (χ2n) is 6.84. The van der Waals surface area contributed by atoms with Gasteiger partial charge in [-0.3, -0.25) is 0 Å². The Hall–Kier alpha value is -2.72. The lowest BCUT2D eigenvalue weighted by molar-refractivity contribution is 0.312. The molecule has 0 spiro atoms. The van der Waals surface area contributed by atoms with Crippen LogP contribution in [0.5, 0.6) is 0 Å². The van der Waals surface area contributed by atoms with Crippen molar-refractivity contribution in [3.63, 3.8) is 0 Å². The lowest BCUT2D eigenvalue weighted by Gasteiger charge is -2.33. The van der Waals surface area contributed by atoms with Gasteiger partial charge in [-0.15, -0.1) is 5.10 Å². The molecule has 1 aliphatic heterocycles. The van der Waals surface area contributed by atoms with Gasteiger partial charge in [0.25, 0.3) is 0 Å².